The predicted octanol–water partition coefficient (Wildman–Crippen LogP) is 4.97. The lowest BCUT2D eigenvalue weighted by Gasteiger charge is -2.17. The molecule has 2 aromatic rings. The molecule has 2 rings (SSSR count). The molecule has 1 nitrogen and oxygen atoms in total. The first-order valence-electron chi connectivity index (χ1n) is 6.78. The summed E-state index contributed by atoms with van der Waals surface area (Å²) in [4.78, 5) is 1.39. The number of nitrogens with one attached hydrogen (secondary N) is 1. The van der Waals surface area contributed by atoms with E-state index in [0.29, 0.717) is 6.04 Å². The molecular weight excluding hydrogens is 318 g/mol. The molecule has 0 aliphatic carbocycles. The van der Waals surface area contributed by atoms with Crippen LogP contribution in [-0.2, 0) is 12.8 Å². The van der Waals surface area contributed by atoms with E-state index in [4.69, 9.17) is 0 Å². The highest BCUT2D eigenvalue weighted by atomic mass is 79.9. The topological polar surface area (TPSA) is 12.0 Å². The zero-order valence-electron chi connectivity index (χ0n) is 11.4. The zero-order valence-corrected chi connectivity index (χ0v) is 13.9. The number of halogens is 1. The van der Waals surface area contributed by atoms with Crippen molar-refractivity contribution in [3.8, 4) is 0 Å². The second-order valence-electron chi connectivity index (χ2n) is 4.62. The van der Waals surface area contributed by atoms with Crippen LogP contribution in [0.1, 0.15) is 35.9 Å². The number of hydrogen-bond donors (Lipinski definition) is 1. The van der Waals surface area contributed by atoms with E-state index in [1.807, 2.05) is 11.3 Å². The highest BCUT2D eigenvalue weighted by molar-refractivity contribution is 9.10. The van der Waals surface area contributed by atoms with Crippen LogP contribution < -0.4 is 5.32 Å². The van der Waals surface area contributed by atoms with Crippen molar-refractivity contribution in [3.05, 3.63) is 56.2 Å². The van der Waals surface area contributed by atoms with E-state index in [1.54, 1.807) is 0 Å². The fourth-order valence-corrected chi connectivity index (χ4v) is 3.93. The molecule has 0 saturated heterocycles. The molecule has 1 heterocycles. The lowest BCUT2D eigenvalue weighted by molar-refractivity contribution is 0.556. The van der Waals surface area contributed by atoms with Crippen molar-refractivity contribution in [2.45, 2.75) is 32.7 Å². The van der Waals surface area contributed by atoms with E-state index in [0.717, 1.165) is 19.4 Å². The number of thiophene rings is 1. The summed E-state index contributed by atoms with van der Waals surface area (Å²) in [7, 11) is 0. The summed E-state index contributed by atoms with van der Waals surface area (Å²) >= 11 is 5.46. The van der Waals surface area contributed by atoms with Crippen molar-refractivity contribution < 1.29 is 0 Å². The van der Waals surface area contributed by atoms with Crippen LogP contribution in [0, 0.1) is 0 Å². The van der Waals surface area contributed by atoms with Crippen molar-refractivity contribution in [3.63, 3.8) is 0 Å². The van der Waals surface area contributed by atoms with E-state index in [2.05, 4.69) is 70.8 Å². The van der Waals surface area contributed by atoms with Crippen LogP contribution >= 0.6 is 27.3 Å². The molecule has 0 fully saturated rings. The third kappa shape index (κ3) is 3.91. The Labute approximate surface area is 128 Å². The molecule has 1 N–H and O–H groups in total. The van der Waals surface area contributed by atoms with E-state index < -0.39 is 0 Å². The highest BCUT2D eigenvalue weighted by Crippen LogP contribution is 2.31. The van der Waals surface area contributed by atoms with Gasteiger partial charge in [-0.15, -0.1) is 11.3 Å². The second kappa shape index (κ2) is 7.22. The summed E-state index contributed by atoms with van der Waals surface area (Å²) in [5.74, 6) is 0. The molecule has 0 spiro atoms. The largest absolute Gasteiger partial charge is 0.309 e. The van der Waals surface area contributed by atoms with Crippen LogP contribution in [0.15, 0.2) is 40.2 Å². The Morgan fingerprint density at radius 1 is 1.11 bits per heavy atom. The lowest BCUT2D eigenvalue weighted by atomic mass is 10.0. The quantitative estimate of drug-likeness (QED) is 0.784. The summed E-state index contributed by atoms with van der Waals surface area (Å²) in [5.41, 5.74) is 2.80. The van der Waals surface area contributed by atoms with E-state index >= 15 is 0 Å². The van der Waals surface area contributed by atoms with Crippen LogP contribution in [0.25, 0.3) is 0 Å². The number of likely N-dealkylation sites (N-methyl/N-ethyl adjacent to an activating group) is 1. The zero-order chi connectivity index (χ0) is 13.7. The normalized spacial score (nSPS) is 12.6. The van der Waals surface area contributed by atoms with Gasteiger partial charge in [0.05, 0.1) is 0 Å². The molecule has 102 valence electrons. The van der Waals surface area contributed by atoms with E-state index in [1.165, 1.54) is 20.5 Å². The van der Waals surface area contributed by atoms with Gasteiger partial charge in [-0.25, -0.2) is 0 Å². The summed E-state index contributed by atoms with van der Waals surface area (Å²) in [6, 6.07) is 11.5. The van der Waals surface area contributed by atoms with Gasteiger partial charge in [0.1, 0.15) is 0 Å². The van der Waals surface area contributed by atoms with Crippen molar-refractivity contribution in [1.82, 2.24) is 5.32 Å². The molecule has 1 aromatic heterocycles. The molecule has 0 aliphatic rings. The Bertz CT molecular complexity index is 504. The standard InChI is InChI=1S/C16H20BrNS/c1-3-12-5-7-13(8-6-12)11-15(18-4-2)16-14(17)9-10-19-16/h5-10,15,18H,3-4,11H2,1-2H3. The van der Waals surface area contributed by atoms with Crippen LogP contribution in [-0.4, -0.2) is 6.54 Å². The van der Waals surface area contributed by atoms with Gasteiger partial charge in [0.2, 0.25) is 0 Å². The first-order chi connectivity index (χ1) is 9.24. The average molecular weight is 338 g/mol. The maximum Gasteiger partial charge on any atom is 0.0467 e. The highest BCUT2D eigenvalue weighted by Gasteiger charge is 2.15. The third-order valence-electron chi connectivity index (χ3n) is 3.28. The molecule has 0 saturated carbocycles. The van der Waals surface area contributed by atoms with Crippen LogP contribution in [0.3, 0.4) is 0 Å². The molecule has 0 radical (unpaired) electrons. The van der Waals surface area contributed by atoms with Gasteiger partial charge in [-0.3, -0.25) is 0 Å². The van der Waals surface area contributed by atoms with Crippen LogP contribution in [0.5, 0.6) is 0 Å². The van der Waals surface area contributed by atoms with Gasteiger partial charge < -0.3 is 5.32 Å². The summed E-state index contributed by atoms with van der Waals surface area (Å²) < 4.78 is 1.22. The molecule has 0 bridgehead atoms. The predicted molar refractivity (Wildman–Crippen MR) is 88.0 cm³/mol. The minimum atomic E-state index is 0.395. The van der Waals surface area contributed by atoms with Crippen molar-refractivity contribution in [2.75, 3.05) is 6.54 Å². The molecule has 0 aliphatic heterocycles. The van der Waals surface area contributed by atoms with Gasteiger partial charge >= 0.3 is 0 Å². The van der Waals surface area contributed by atoms with Crippen molar-refractivity contribution >= 4 is 27.3 Å². The number of rotatable bonds is 6. The Balaban J connectivity index is 2.14. The number of benzene rings is 1. The van der Waals surface area contributed by atoms with Crippen molar-refractivity contribution in [2.24, 2.45) is 0 Å². The van der Waals surface area contributed by atoms with Gasteiger partial charge in [-0.1, -0.05) is 38.1 Å². The minimum Gasteiger partial charge on any atom is -0.309 e. The fraction of sp³-hybridized carbons (Fsp3) is 0.375. The summed E-state index contributed by atoms with van der Waals surface area (Å²) in [6.07, 6.45) is 2.14. The average Bonchev–Trinajstić information content (AvgIpc) is 2.85. The van der Waals surface area contributed by atoms with Gasteiger partial charge in [0.15, 0.2) is 0 Å². The Morgan fingerprint density at radius 3 is 2.32 bits per heavy atom. The molecule has 1 aromatic carbocycles. The summed E-state index contributed by atoms with van der Waals surface area (Å²) in [5, 5.41) is 5.73. The molecule has 1 unspecified atom stereocenters. The number of aryl methyl sites for hydroxylation is 1. The number of hydrogen-bond acceptors (Lipinski definition) is 2. The van der Waals surface area contributed by atoms with Gasteiger partial charge in [-0.2, -0.15) is 0 Å². The second-order valence-corrected chi connectivity index (χ2v) is 6.42. The summed E-state index contributed by atoms with van der Waals surface area (Å²) in [6.45, 7) is 5.34. The first kappa shape index (κ1) is 14.8. The Morgan fingerprint density at radius 2 is 1.79 bits per heavy atom. The maximum absolute atomic E-state index is 3.64. The first-order valence-corrected chi connectivity index (χ1v) is 8.46. The Hall–Kier alpha value is -0.640. The molecule has 1 atom stereocenters. The minimum absolute atomic E-state index is 0.395. The molecule has 0 amide bonds. The SMILES string of the molecule is CCNC(Cc1ccc(CC)cc1)c1sccc1Br. The molecule has 3 heteroatoms. The Kier molecular flexibility index (Phi) is 5.61. The van der Waals surface area contributed by atoms with Gasteiger partial charge in [0.25, 0.3) is 0 Å². The third-order valence-corrected chi connectivity index (χ3v) is 5.27. The molecule has 19 heavy (non-hydrogen) atoms. The van der Waals surface area contributed by atoms with Gasteiger partial charge in [-0.05, 0) is 57.9 Å². The molecular formula is C16H20BrNS. The van der Waals surface area contributed by atoms with Crippen LogP contribution in [0.4, 0.5) is 0 Å². The van der Waals surface area contributed by atoms with Crippen molar-refractivity contribution in [1.29, 1.82) is 0 Å². The van der Waals surface area contributed by atoms with E-state index in [-0.39, 0.29) is 0 Å². The fourth-order valence-electron chi connectivity index (χ4n) is 2.20. The lowest BCUT2D eigenvalue weighted by Crippen LogP contribution is -2.22. The maximum atomic E-state index is 3.64. The monoisotopic (exact) mass is 337 g/mol. The van der Waals surface area contributed by atoms with Gasteiger partial charge in [0, 0.05) is 15.4 Å². The van der Waals surface area contributed by atoms with Crippen LogP contribution in [0.2, 0.25) is 0 Å². The van der Waals surface area contributed by atoms with E-state index in [9.17, 15) is 0 Å². The smallest absolute Gasteiger partial charge is 0.0467 e.